The normalized spacial score (nSPS) is 11.7. The van der Waals surface area contributed by atoms with Gasteiger partial charge in [0.05, 0.1) is 5.69 Å². The number of halogens is 2. The van der Waals surface area contributed by atoms with Gasteiger partial charge in [-0.2, -0.15) is 0 Å². The van der Waals surface area contributed by atoms with Gasteiger partial charge < -0.3 is 0 Å². The fraction of sp³-hybridized carbons (Fsp3) is 0.357. The molecule has 0 spiro atoms. The summed E-state index contributed by atoms with van der Waals surface area (Å²) in [7, 11) is 0. The minimum absolute atomic E-state index is 0.217. The molecular weight excluding hydrogens is 282 g/mol. The quantitative estimate of drug-likeness (QED) is 0.814. The van der Waals surface area contributed by atoms with Gasteiger partial charge in [0.25, 0.3) is 0 Å². The molecular formula is C14H14F2N2OS. The lowest BCUT2D eigenvalue weighted by molar-refractivity contribution is 0.0992. The highest BCUT2D eigenvalue weighted by Crippen LogP contribution is 2.27. The highest BCUT2D eigenvalue weighted by Gasteiger charge is 2.27. The number of benzene rings is 1. The smallest absolute Gasteiger partial charge is 0.180 e. The van der Waals surface area contributed by atoms with Crippen molar-refractivity contribution < 1.29 is 13.6 Å². The first-order chi connectivity index (χ1) is 9.30. The first-order valence-corrected chi connectivity index (χ1v) is 6.87. The Balaban J connectivity index is 2.32. The van der Waals surface area contributed by atoms with Crippen LogP contribution in [0.15, 0.2) is 18.2 Å². The fourth-order valence-electron chi connectivity index (χ4n) is 1.81. The predicted octanol–water partition coefficient (Wildman–Crippen LogP) is 3.54. The van der Waals surface area contributed by atoms with Crippen LogP contribution in [0.3, 0.4) is 0 Å². The molecule has 6 heteroatoms. The first kappa shape index (κ1) is 14.7. The van der Waals surface area contributed by atoms with Gasteiger partial charge in [0.1, 0.15) is 16.5 Å². The molecule has 0 aliphatic carbocycles. The zero-order valence-corrected chi connectivity index (χ0v) is 12.2. The lowest BCUT2D eigenvalue weighted by Crippen LogP contribution is -2.17. The molecule has 0 N–H and O–H groups in total. The Hall–Kier alpha value is -1.69. The van der Waals surface area contributed by atoms with Crippen molar-refractivity contribution in [3.63, 3.8) is 0 Å². The summed E-state index contributed by atoms with van der Waals surface area (Å²) in [5.41, 5.74) is 0.00110. The predicted molar refractivity (Wildman–Crippen MR) is 73.0 cm³/mol. The molecule has 106 valence electrons. The molecule has 0 aliphatic heterocycles. The summed E-state index contributed by atoms with van der Waals surface area (Å²) >= 11 is 0.960. The molecule has 1 aromatic heterocycles. The van der Waals surface area contributed by atoms with E-state index in [0.717, 1.165) is 23.7 Å². The van der Waals surface area contributed by atoms with E-state index in [4.69, 9.17) is 0 Å². The number of hydrogen-bond acceptors (Lipinski definition) is 4. The summed E-state index contributed by atoms with van der Waals surface area (Å²) < 4.78 is 30.9. The second-order valence-corrected chi connectivity index (χ2v) is 6.25. The minimum Gasteiger partial charge on any atom is -0.293 e. The van der Waals surface area contributed by atoms with Crippen LogP contribution < -0.4 is 0 Å². The van der Waals surface area contributed by atoms with Gasteiger partial charge in [0.2, 0.25) is 0 Å². The highest BCUT2D eigenvalue weighted by molar-refractivity contribution is 7.08. The number of nitrogens with zero attached hydrogens (tertiary/aromatic N) is 2. The summed E-state index contributed by atoms with van der Waals surface area (Å²) in [5.74, 6) is -1.80. The Labute approximate surface area is 119 Å². The molecule has 2 aromatic rings. The average Bonchev–Trinajstić information content (AvgIpc) is 2.82. The lowest BCUT2D eigenvalue weighted by atomic mass is 9.90. The summed E-state index contributed by atoms with van der Waals surface area (Å²) in [5, 5.41) is 3.96. The molecule has 0 atom stereocenters. The maximum Gasteiger partial charge on any atom is 0.180 e. The van der Waals surface area contributed by atoms with E-state index < -0.39 is 11.6 Å². The molecule has 1 aromatic carbocycles. The topological polar surface area (TPSA) is 42.9 Å². The van der Waals surface area contributed by atoms with Gasteiger partial charge in [-0.25, -0.2) is 8.78 Å². The van der Waals surface area contributed by atoms with Gasteiger partial charge in [-0.1, -0.05) is 31.3 Å². The van der Waals surface area contributed by atoms with Crippen LogP contribution in [-0.2, 0) is 11.8 Å². The van der Waals surface area contributed by atoms with E-state index in [0.29, 0.717) is 10.6 Å². The van der Waals surface area contributed by atoms with Crippen molar-refractivity contribution in [1.29, 1.82) is 0 Å². The molecule has 0 amide bonds. The summed E-state index contributed by atoms with van der Waals surface area (Å²) in [4.78, 5) is 12.6. The molecule has 0 bridgehead atoms. The second kappa shape index (κ2) is 5.36. The van der Waals surface area contributed by atoms with Gasteiger partial charge in [-0.05, 0) is 23.7 Å². The van der Waals surface area contributed by atoms with Crippen molar-refractivity contribution in [2.45, 2.75) is 32.6 Å². The van der Waals surface area contributed by atoms with E-state index in [1.165, 1.54) is 6.07 Å². The van der Waals surface area contributed by atoms with Crippen LogP contribution in [0.1, 0.15) is 41.7 Å². The Morgan fingerprint density at radius 1 is 1.25 bits per heavy atom. The van der Waals surface area contributed by atoms with Crippen molar-refractivity contribution in [3.8, 4) is 0 Å². The molecule has 0 unspecified atom stereocenters. The van der Waals surface area contributed by atoms with Crippen LogP contribution in [0.5, 0.6) is 0 Å². The monoisotopic (exact) mass is 296 g/mol. The Morgan fingerprint density at radius 3 is 2.40 bits per heavy atom. The van der Waals surface area contributed by atoms with Crippen molar-refractivity contribution >= 4 is 17.3 Å². The summed E-state index contributed by atoms with van der Waals surface area (Å²) in [6.45, 7) is 5.72. The van der Waals surface area contributed by atoms with Gasteiger partial charge in [0.15, 0.2) is 5.78 Å². The Bertz CT molecular complexity index is 627. The van der Waals surface area contributed by atoms with E-state index in [9.17, 15) is 13.6 Å². The third kappa shape index (κ3) is 2.90. The van der Waals surface area contributed by atoms with E-state index in [1.807, 2.05) is 20.8 Å². The Kier molecular flexibility index (Phi) is 3.94. The fourth-order valence-corrected chi connectivity index (χ4v) is 2.62. The van der Waals surface area contributed by atoms with Crippen molar-refractivity contribution in [2.75, 3.05) is 0 Å². The maximum atomic E-state index is 13.6. The van der Waals surface area contributed by atoms with Gasteiger partial charge in [-0.15, -0.1) is 5.10 Å². The van der Waals surface area contributed by atoms with Crippen LogP contribution in [0.25, 0.3) is 0 Å². The van der Waals surface area contributed by atoms with Crippen molar-refractivity contribution in [1.82, 2.24) is 9.59 Å². The van der Waals surface area contributed by atoms with Crippen LogP contribution in [-0.4, -0.2) is 15.4 Å². The zero-order chi connectivity index (χ0) is 14.9. The standard InChI is InChI=1S/C14H14F2N2OS/c1-14(2,3)13-12(20-18-17-13)11(19)7-8-9(15)5-4-6-10(8)16/h4-6H,7H2,1-3H3. The van der Waals surface area contributed by atoms with E-state index in [-0.39, 0.29) is 23.2 Å². The number of ketones is 1. The highest BCUT2D eigenvalue weighted by atomic mass is 32.1. The average molecular weight is 296 g/mol. The SMILES string of the molecule is CC(C)(C)c1nnsc1C(=O)Cc1c(F)cccc1F. The maximum absolute atomic E-state index is 13.6. The number of rotatable bonds is 3. The third-order valence-electron chi connectivity index (χ3n) is 2.85. The molecule has 0 radical (unpaired) electrons. The van der Waals surface area contributed by atoms with Crippen LogP contribution in [0.4, 0.5) is 8.78 Å². The number of Topliss-reactive ketones (excluding diaryl/α,β-unsaturated/α-hetero) is 1. The van der Waals surface area contributed by atoms with Crippen molar-refractivity contribution in [3.05, 3.63) is 46.0 Å². The van der Waals surface area contributed by atoms with Gasteiger partial charge in [0, 0.05) is 17.4 Å². The molecule has 0 saturated heterocycles. The van der Waals surface area contributed by atoms with E-state index in [2.05, 4.69) is 9.59 Å². The van der Waals surface area contributed by atoms with E-state index in [1.54, 1.807) is 0 Å². The van der Waals surface area contributed by atoms with Crippen LogP contribution >= 0.6 is 11.5 Å². The van der Waals surface area contributed by atoms with Gasteiger partial charge >= 0.3 is 0 Å². The molecule has 1 heterocycles. The molecule has 20 heavy (non-hydrogen) atoms. The second-order valence-electron chi connectivity index (χ2n) is 5.50. The molecule has 0 aliphatic rings. The number of carbonyl (C=O) groups excluding carboxylic acids is 1. The largest absolute Gasteiger partial charge is 0.293 e. The third-order valence-corrected chi connectivity index (χ3v) is 3.62. The van der Waals surface area contributed by atoms with E-state index >= 15 is 0 Å². The first-order valence-electron chi connectivity index (χ1n) is 6.09. The lowest BCUT2D eigenvalue weighted by Gasteiger charge is -2.16. The number of carbonyl (C=O) groups is 1. The van der Waals surface area contributed by atoms with Crippen LogP contribution in [0.2, 0.25) is 0 Å². The molecule has 0 saturated carbocycles. The molecule has 0 fully saturated rings. The summed E-state index contributed by atoms with van der Waals surface area (Å²) in [6.07, 6.45) is -0.328. The number of hydrogen-bond donors (Lipinski definition) is 0. The molecule has 3 nitrogen and oxygen atoms in total. The minimum atomic E-state index is -0.715. The Morgan fingerprint density at radius 2 is 1.85 bits per heavy atom. The zero-order valence-electron chi connectivity index (χ0n) is 11.4. The van der Waals surface area contributed by atoms with Crippen molar-refractivity contribution in [2.24, 2.45) is 0 Å². The summed E-state index contributed by atoms with van der Waals surface area (Å²) in [6, 6.07) is 3.55. The van der Waals surface area contributed by atoms with Crippen LogP contribution in [0, 0.1) is 11.6 Å². The molecule has 2 rings (SSSR count). The number of aromatic nitrogens is 2. The van der Waals surface area contributed by atoms with Gasteiger partial charge in [-0.3, -0.25) is 4.79 Å².